The topological polar surface area (TPSA) is 75.8 Å². The highest BCUT2D eigenvalue weighted by atomic mass is 127. The number of pyridine rings is 1. The normalized spacial score (nSPS) is 16.9. The van der Waals surface area contributed by atoms with E-state index < -0.39 is 0 Å². The lowest BCUT2D eigenvalue weighted by molar-refractivity contribution is 0.122. The highest BCUT2D eigenvalue weighted by molar-refractivity contribution is 14.0. The molecule has 150 valence electrons. The van der Waals surface area contributed by atoms with Crippen molar-refractivity contribution in [3.05, 3.63) is 53.2 Å². The molecule has 1 aliphatic heterocycles. The Bertz CT molecular complexity index is 820. The van der Waals surface area contributed by atoms with Crippen LogP contribution in [0, 0.1) is 0 Å². The number of nitrogens with two attached hydrogens (primary N) is 1. The lowest BCUT2D eigenvalue weighted by Gasteiger charge is -2.29. The minimum atomic E-state index is 0. The summed E-state index contributed by atoms with van der Waals surface area (Å²) in [6.07, 6.45) is 6.60. The number of anilines is 2. The van der Waals surface area contributed by atoms with Crippen molar-refractivity contribution in [2.75, 3.05) is 36.5 Å². The molecule has 1 fully saturated rings. The van der Waals surface area contributed by atoms with Crippen LogP contribution >= 0.6 is 24.0 Å². The number of hydrogen-bond donors (Lipinski definition) is 2. The molecule has 6 nitrogen and oxygen atoms in total. The Morgan fingerprint density at radius 2 is 1.96 bits per heavy atom. The molecule has 1 saturated heterocycles. The summed E-state index contributed by atoms with van der Waals surface area (Å²) in [5.74, 6) is 1.43. The molecule has 28 heavy (non-hydrogen) atoms. The number of halogens is 1. The second-order valence-corrected chi connectivity index (χ2v) is 7.06. The molecular weight excluding hydrogens is 465 g/mol. The summed E-state index contributed by atoms with van der Waals surface area (Å²) < 4.78 is 5.44. The van der Waals surface area contributed by atoms with Gasteiger partial charge >= 0.3 is 0 Å². The van der Waals surface area contributed by atoms with Gasteiger partial charge in [0.25, 0.3) is 0 Å². The average Bonchev–Trinajstić information content (AvgIpc) is 2.73. The molecule has 2 aromatic rings. The lowest BCUT2D eigenvalue weighted by Crippen LogP contribution is -2.37. The van der Waals surface area contributed by atoms with Crippen LogP contribution in [0.2, 0.25) is 0 Å². The Morgan fingerprint density at radius 1 is 1.14 bits per heavy atom. The van der Waals surface area contributed by atoms with Gasteiger partial charge in [-0.25, -0.2) is 9.98 Å². The fourth-order valence-corrected chi connectivity index (χ4v) is 3.86. The number of aromatic nitrogens is 1. The van der Waals surface area contributed by atoms with E-state index in [0.29, 0.717) is 12.5 Å². The Balaban J connectivity index is 0.00000225. The third-order valence-electron chi connectivity index (χ3n) is 5.26. The Kier molecular flexibility index (Phi) is 7.50. The maximum atomic E-state index is 6.20. The van der Waals surface area contributed by atoms with Crippen LogP contribution in [0.3, 0.4) is 0 Å². The van der Waals surface area contributed by atoms with E-state index >= 15 is 0 Å². The largest absolute Gasteiger partial charge is 0.378 e. The highest BCUT2D eigenvalue weighted by Crippen LogP contribution is 2.27. The van der Waals surface area contributed by atoms with Gasteiger partial charge in [-0.3, -0.25) is 0 Å². The van der Waals surface area contributed by atoms with Gasteiger partial charge in [0.1, 0.15) is 5.82 Å². The summed E-state index contributed by atoms with van der Waals surface area (Å²) in [6, 6.07) is 10.4. The van der Waals surface area contributed by atoms with Crippen molar-refractivity contribution in [3.8, 4) is 0 Å². The van der Waals surface area contributed by atoms with E-state index in [2.05, 4.69) is 44.5 Å². The molecule has 2 heterocycles. The summed E-state index contributed by atoms with van der Waals surface area (Å²) in [6.45, 7) is 3.70. The Morgan fingerprint density at radius 3 is 2.82 bits per heavy atom. The van der Waals surface area contributed by atoms with Gasteiger partial charge in [0.2, 0.25) is 0 Å². The van der Waals surface area contributed by atoms with Crippen LogP contribution in [0.1, 0.15) is 29.5 Å². The first-order valence-electron chi connectivity index (χ1n) is 9.75. The van der Waals surface area contributed by atoms with Gasteiger partial charge in [0.15, 0.2) is 5.96 Å². The van der Waals surface area contributed by atoms with Crippen LogP contribution in [0.5, 0.6) is 0 Å². The molecule has 0 atom stereocenters. The van der Waals surface area contributed by atoms with E-state index in [-0.39, 0.29) is 24.0 Å². The van der Waals surface area contributed by atoms with Crippen molar-refractivity contribution in [2.24, 2.45) is 10.7 Å². The number of hydrogen-bond acceptors (Lipinski definition) is 4. The molecule has 1 aliphatic carbocycles. The first-order valence-corrected chi connectivity index (χ1v) is 9.75. The van der Waals surface area contributed by atoms with Crippen molar-refractivity contribution < 1.29 is 4.74 Å². The van der Waals surface area contributed by atoms with Crippen LogP contribution < -0.4 is 16.0 Å². The smallest absolute Gasteiger partial charge is 0.193 e. The van der Waals surface area contributed by atoms with Crippen molar-refractivity contribution in [3.63, 3.8) is 0 Å². The summed E-state index contributed by atoms with van der Waals surface area (Å²) in [4.78, 5) is 11.4. The number of fused-ring (bicyclic) bond motifs is 1. The fourth-order valence-electron chi connectivity index (χ4n) is 3.86. The molecule has 0 radical (unpaired) electrons. The number of nitrogens with zero attached hydrogens (tertiary/aromatic N) is 3. The number of ether oxygens (including phenoxy) is 1. The minimum Gasteiger partial charge on any atom is -0.378 e. The molecule has 2 aliphatic rings. The first kappa shape index (κ1) is 20.9. The summed E-state index contributed by atoms with van der Waals surface area (Å²) in [5, 5.41) is 3.31. The third-order valence-corrected chi connectivity index (χ3v) is 5.26. The highest BCUT2D eigenvalue weighted by Gasteiger charge is 2.16. The van der Waals surface area contributed by atoms with Gasteiger partial charge in [-0.05, 0) is 48.9 Å². The predicted molar refractivity (Wildman–Crippen MR) is 125 cm³/mol. The van der Waals surface area contributed by atoms with Crippen molar-refractivity contribution >= 4 is 41.4 Å². The Hall–Kier alpha value is -1.87. The number of morpholine rings is 1. The zero-order chi connectivity index (χ0) is 18.5. The standard InChI is InChI=1S/C21H27N5O.HI/c22-21(25-19-9-3-6-16-5-1-2-8-18(16)19)24-15-17-7-4-10-23-20(17)26-11-13-27-14-12-26;/h3-4,6-7,9-10H,1-2,5,8,11-15H2,(H3,22,24,25);1H. The van der Waals surface area contributed by atoms with E-state index in [4.69, 9.17) is 10.5 Å². The second kappa shape index (κ2) is 10.1. The van der Waals surface area contributed by atoms with Crippen molar-refractivity contribution in [1.82, 2.24) is 4.98 Å². The Labute approximate surface area is 183 Å². The van der Waals surface area contributed by atoms with E-state index in [1.165, 1.54) is 24.0 Å². The van der Waals surface area contributed by atoms with Gasteiger partial charge in [0, 0.05) is 30.5 Å². The van der Waals surface area contributed by atoms with Crippen LogP contribution in [0.15, 0.2) is 41.5 Å². The molecule has 0 spiro atoms. The van der Waals surface area contributed by atoms with Crippen LogP contribution in [-0.4, -0.2) is 37.2 Å². The average molecular weight is 493 g/mol. The van der Waals surface area contributed by atoms with Crippen LogP contribution in [-0.2, 0) is 24.1 Å². The van der Waals surface area contributed by atoms with Gasteiger partial charge in [-0.2, -0.15) is 0 Å². The number of aliphatic imine (C=N–C) groups is 1. The number of guanidine groups is 1. The first-order chi connectivity index (χ1) is 13.3. The van der Waals surface area contributed by atoms with E-state index in [1.54, 1.807) is 0 Å². The number of aryl methyl sites for hydroxylation is 1. The molecule has 3 N–H and O–H groups in total. The van der Waals surface area contributed by atoms with E-state index in [9.17, 15) is 0 Å². The monoisotopic (exact) mass is 493 g/mol. The zero-order valence-electron chi connectivity index (χ0n) is 16.1. The number of nitrogens with one attached hydrogen (secondary N) is 1. The number of rotatable bonds is 4. The van der Waals surface area contributed by atoms with E-state index in [0.717, 1.165) is 56.2 Å². The zero-order valence-corrected chi connectivity index (χ0v) is 18.4. The van der Waals surface area contributed by atoms with Gasteiger partial charge in [0.05, 0.1) is 19.8 Å². The minimum absolute atomic E-state index is 0. The lowest BCUT2D eigenvalue weighted by atomic mass is 9.90. The maximum Gasteiger partial charge on any atom is 0.193 e. The third kappa shape index (κ3) is 4.94. The van der Waals surface area contributed by atoms with Crippen molar-refractivity contribution in [1.29, 1.82) is 0 Å². The molecule has 0 unspecified atom stereocenters. The fraction of sp³-hybridized carbons (Fsp3) is 0.429. The number of benzene rings is 1. The van der Waals surface area contributed by atoms with Gasteiger partial charge in [-0.1, -0.05) is 18.2 Å². The molecule has 0 bridgehead atoms. The van der Waals surface area contributed by atoms with Crippen LogP contribution in [0.25, 0.3) is 0 Å². The van der Waals surface area contributed by atoms with Gasteiger partial charge < -0.3 is 20.7 Å². The SMILES string of the molecule is I.NC(=NCc1cccnc1N1CCOCC1)Nc1cccc2c1CCCC2. The van der Waals surface area contributed by atoms with Crippen LogP contribution in [0.4, 0.5) is 11.5 Å². The van der Waals surface area contributed by atoms with E-state index in [1.807, 2.05) is 12.3 Å². The molecule has 0 saturated carbocycles. The molecule has 7 heteroatoms. The molecule has 1 aromatic carbocycles. The predicted octanol–water partition coefficient (Wildman–Crippen LogP) is 3.34. The molecular formula is C21H28IN5O. The quantitative estimate of drug-likeness (QED) is 0.388. The maximum absolute atomic E-state index is 6.20. The van der Waals surface area contributed by atoms with Gasteiger partial charge in [-0.15, -0.1) is 24.0 Å². The molecule has 0 amide bonds. The summed E-state index contributed by atoms with van der Waals surface area (Å²) in [5.41, 5.74) is 11.2. The van der Waals surface area contributed by atoms with Crippen molar-refractivity contribution in [2.45, 2.75) is 32.2 Å². The summed E-state index contributed by atoms with van der Waals surface area (Å²) in [7, 11) is 0. The molecule has 4 rings (SSSR count). The summed E-state index contributed by atoms with van der Waals surface area (Å²) >= 11 is 0. The molecule has 1 aromatic heterocycles. The second-order valence-electron chi connectivity index (χ2n) is 7.06.